The molecule has 1 aliphatic rings. The minimum atomic E-state index is -0.0392. The number of aromatic nitrogens is 2. The molecular formula is C20H20N4O2S. The van der Waals surface area contributed by atoms with E-state index in [0.717, 1.165) is 22.3 Å². The number of rotatable bonds is 3. The second kappa shape index (κ2) is 7.08. The first kappa shape index (κ1) is 17.6. The van der Waals surface area contributed by atoms with Crippen molar-refractivity contribution in [2.75, 3.05) is 27.2 Å². The van der Waals surface area contributed by atoms with Crippen LogP contribution in [0.1, 0.15) is 37.9 Å². The van der Waals surface area contributed by atoms with Crippen LogP contribution in [0, 0.1) is 0 Å². The highest BCUT2D eigenvalue weighted by atomic mass is 32.1. The van der Waals surface area contributed by atoms with E-state index in [1.165, 1.54) is 11.3 Å². The zero-order chi connectivity index (χ0) is 19.0. The summed E-state index contributed by atoms with van der Waals surface area (Å²) in [5.74, 6) is 0.0776. The molecule has 2 aromatic heterocycles. The summed E-state index contributed by atoms with van der Waals surface area (Å²) in [7, 11) is 3.49. The third-order valence-electron chi connectivity index (χ3n) is 4.87. The van der Waals surface area contributed by atoms with Crippen LogP contribution in [0.4, 0.5) is 0 Å². The quantitative estimate of drug-likeness (QED) is 0.701. The van der Waals surface area contributed by atoms with Crippen LogP contribution in [0.5, 0.6) is 0 Å². The Morgan fingerprint density at radius 1 is 1.15 bits per heavy atom. The standard InChI is InChI=1S/C20H20N4O2S/c1-23(2)20(26)17-15(16-18(27-17)22-10-9-21-16)14-8-11-24(12-14)19(25)13-6-4-3-5-7-13/h3-7,9-10,14H,8,11-12H2,1-2H3. The summed E-state index contributed by atoms with van der Waals surface area (Å²) in [5.41, 5.74) is 2.41. The number of fused-ring (bicyclic) bond motifs is 1. The normalized spacial score (nSPS) is 16.7. The number of carbonyl (C=O) groups excluding carboxylic acids is 2. The summed E-state index contributed by atoms with van der Waals surface area (Å²) in [6.45, 7) is 1.26. The summed E-state index contributed by atoms with van der Waals surface area (Å²) in [5, 5.41) is 0. The molecule has 1 saturated heterocycles. The van der Waals surface area contributed by atoms with Crippen LogP contribution in [0.2, 0.25) is 0 Å². The topological polar surface area (TPSA) is 66.4 Å². The fraction of sp³-hybridized carbons (Fsp3) is 0.300. The van der Waals surface area contributed by atoms with Gasteiger partial charge in [0, 0.05) is 56.6 Å². The zero-order valence-electron chi connectivity index (χ0n) is 15.3. The van der Waals surface area contributed by atoms with E-state index in [-0.39, 0.29) is 17.7 Å². The molecule has 1 unspecified atom stereocenters. The molecule has 27 heavy (non-hydrogen) atoms. The van der Waals surface area contributed by atoms with Crippen molar-refractivity contribution in [2.45, 2.75) is 12.3 Å². The minimum Gasteiger partial charge on any atom is -0.344 e. The lowest BCUT2D eigenvalue weighted by molar-refractivity contribution is 0.0790. The number of nitrogens with zero attached hydrogens (tertiary/aromatic N) is 4. The van der Waals surface area contributed by atoms with Crippen LogP contribution in [0.15, 0.2) is 42.7 Å². The van der Waals surface area contributed by atoms with E-state index in [0.29, 0.717) is 23.5 Å². The number of hydrogen-bond donors (Lipinski definition) is 0. The Hall–Kier alpha value is -2.80. The van der Waals surface area contributed by atoms with Gasteiger partial charge in [0.15, 0.2) is 0 Å². The maximum absolute atomic E-state index is 12.8. The average Bonchev–Trinajstić information content (AvgIpc) is 3.31. The highest BCUT2D eigenvalue weighted by molar-refractivity contribution is 7.20. The molecular weight excluding hydrogens is 360 g/mol. The molecule has 1 aromatic carbocycles. The Kier molecular flexibility index (Phi) is 4.61. The van der Waals surface area contributed by atoms with Gasteiger partial charge in [-0.15, -0.1) is 11.3 Å². The summed E-state index contributed by atoms with van der Waals surface area (Å²) in [4.78, 5) is 39.3. The van der Waals surface area contributed by atoms with Gasteiger partial charge in [-0.25, -0.2) is 4.98 Å². The third-order valence-corrected chi connectivity index (χ3v) is 5.96. The molecule has 0 aliphatic carbocycles. The second-order valence-electron chi connectivity index (χ2n) is 6.86. The van der Waals surface area contributed by atoms with E-state index in [9.17, 15) is 9.59 Å². The smallest absolute Gasteiger partial charge is 0.263 e. The first-order valence-electron chi connectivity index (χ1n) is 8.85. The SMILES string of the molecule is CN(C)C(=O)c1sc2nccnc2c1C1CCN(C(=O)c2ccccc2)C1. The predicted octanol–water partition coefficient (Wildman–Crippen LogP) is 3.02. The first-order valence-corrected chi connectivity index (χ1v) is 9.67. The molecule has 0 bridgehead atoms. The average molecular weight is 380 g/mol. The van der Waals surface area contributed by atoms with Crippen LogP contribution in [0.25, 0.3) is 10.3 Å². The summed E-state index contributed by atoms with van der Waals surface area (Å²) < 4.78 is 0. The number of likely N-dealkylation sites (tertiary alicyclic amines) is 1. The highest BCUT2D eigenvalue weighted by Crippen LogP contribution is 2.39. The lowest BCUT2D eigenvalue weighted by Crippen LogP contribution is -2.28. The molecule has 3 heterocycles. The number of amides is 2. The summed E-state index contributed by atoms with van der Waals surface area (Å²) in [6, 6.07) is 9.32. The van der Waals surface area contributed by atoms with Gasteiger partial charge in [0.1, 0.15) is 10.3 Å². The van der Waals surface area contributed by atoms with Crippen molar-refractivity contribution in [3.63, 3.8) is 0 Å². The number of thiophene rings is 1. The molecule has 7 heteroatoms. The Balaban J connectivity index is 1.68. The van der Waals surface area contributed by atoms with Crippen molar-refractivity contribution >= 4 is 33.5 Å². The van der Waals surface area contributed by atoms with E-state index in [1.807, 2.05) is 35.2 Å². The first-order chi connectivity index (χ1) is 13.1. The Morgan fingerprint density at radius 3 is 2.63 bits per heavy atom. The van der Waals surface area contributed by atoms with Gasteiger partial charge >= 0.3 is 0 Å². The molecule has 1 aliphatic heterocycles. The van der Waals surface area contributed by atoms with Crippen LogP contribution < -0.4 is 0 Å². The lowest BCUT2D eigenvalue weighted by atomic mass is 9.97. The Bertz CT molecular complexity index is 1000. The molecule has 2 amide bonds. The number of carbonyl (C=O) groups is 2. The molecule has 0 N–H and O–H groups in total. The Labute approximate surface area is 161 Å². The zero-order valence-corrected chi connectivity index (χ0v) is 16.1. The van der Waals surface area contributed by atoms with Crippen molar-refractivity contribution in [1.82, 2.24) is 19.8 Å². The van der Waals surface area contributed by atoms with Crippen LogP contribution in [-0.4, -0.2) is 58.8 Å². The lowest BCUT2D eigenvalue weighted by Gasteiger charge is -2.17. The largest absolute Gasteiger partial charge is 0.344 e. The van der Waals surface area contributed by atoms with E-state index in [4.69, 9.17) is 0 Å². The summed E-state index contributed by atoms with van der Waals surface area (Å²) >= 11 is 1.38. The molecule has 0 spiro atoms. The fourth-order valence-corrected chi connectivity index (χ4v) is 4.74. The fourth-order valence-electron chi connectivity index (χ4n) is 3.53. The molecule has 1 fully saturated rings. The van der Waals surface area contributed by atoms with Crippen LogP contribution in [0.3, 0.4) is 0 Å². The minimum absolute atomic E-state index is 0.0317. The number of benzene rings is 1. The second-order valence-corrected chi connectivity index (χ2v) is 7.86. The van der Waals surface area contributed by atoms with Crippen LogP contribution in [-0.2, 0) is 0 Å². The van der Waals surface area contributed by atoms with Crippen molar-refractivity contribution in [2.24, 2.45) is 0 Å². The van der Waals surface area contributed by atoms with Gasteiger partial charge in [0.2, 0.25) is 0 Å². The van der Waals surface area contributed by atoms with Gasteiger partial charge in [-0.1, -0.05) is 18.2 Å². The van der Waals surface area contributed by atoms with Gasteiger partial charge in [-0.05, 0) is 18.6 Å². The van der Waals surface area contributed by atoms with Crippen LogP contribution >= 0.6 is 11.3 Å². The number of hydrogen-bond acceptors (Lipinski definition) is 5. The Morgan fingerprint density at radius 2 is 1.89 bits per heavy atom. The molecule has 138 valence electrons. The summed E-state index contributed by atoms with van der Waals surface area (Å²) in [6.07, 6.45) is 4.12. The monoisotopic (exact) mass is 380 g/mol. The third kappa shape index (κ3) is 3.19. The highest BCUT2D eigenvalue weighted by Gasteiger charge is 2.34. The molecule has 3 aromatic rings. The van der Waals surface area contributed by atoms with Crippen molar-refractivity contribution in [3.8, 4) is 0 Å². The van der Waals surface area contributed by atoms with Gasteiger partial charge < -0.3 is 9.80 Å². The molecule has 1 atom stereocenters. The van der Waals surface area contributed by atoms with Crippen molar-refractivity contribution in [1.29, 1.82) is 0 Å². The van der Waals surface area contributed by atoms with Gasteiger partial charge in [0.05, 0.1) is 4.88 Å². The predicted molar refractivity (Wildman–Crippen MR) is 105 cm³/mol. The van der Waals surface area contributed by atoms with E-state index < -0.39 is 0 Å². The van der Waals surface area contributed by atoms with E-state index in [2.05, 4.69) is 9.97 Å². The molecule has 6 nitrogen and oxygen atoms in total. The molecule has 4 rings (SSSR count). The van der Waals surface area contributed by atoms with Gasteiger partial charge in [0.25, 0.3) is 11.8 Å². The maximum atomic E-state index is 12.8. The molecule has 0 saturated carbocycles. The molecule has 0 radical (unpaired) electrons. The maximum Gasteiger partial charge on any atom is 0.263 e. The van der Waals surface area contributed by atoms with E-state index in [1.54, 1.807) is 31.4 Å². The van der Waals surface area contributed by atoms with Crippen molar-refractivity contribution in [3.05, 3.63) is 58.7 Å². The van der Waals surface area contributed by atoms with E-state index >= 15 is 0 Å². The van der Waals surface area contributed by atoms with Crippen molar-refractivity contribution < 1.29 is 9.59 Å². The van der Waals surface area contributed by atoms with Gasteiger partial charge in [-0.2, -0.15) is 0 Å². The van der Waals surface area contributed by atoms with Gasteiger partial charge in [-0.3, -0.25) is 14.6 Å².